The Hall–Kier alpha value is -2.32. The molecule has 1 aliphatic rings. The molecule has 5 heteroatoms. The molecule has 1 amide bonds. The van der Waals surface area contributed by atoms with Crippen LogP contribution in [0.2, 0.25) is 0 Å². The van der Waals surface area contributed by atoms with Crippen LogP contribution in [0.5, 0.6) is 5.75 Å². The van der Waals surface area contributed by atoms with Crippen LogP contribution in [0.4, 0.5) is 5.00 Å². The first-order valence-electron chi connectivity index (χ1n) is 9.56. The molecule has 0 radical (unpaired) electrons. The molecule has 1 heterocycles. The quantitative estimate of drug-likeness (QED) is 0.725. The summed E-state index contributed by atoms with van der Waals surface area (Å²) in [5.41, 5.74) is 2.34. The van der Waals surface area contributed by atoms with Gasteiger partial charge in [-0.1, -0.05) is 20.8 Å². The van der Waals surface area contributed by atoms with E-state index in [1.807, 2.05) is 12.1 Å². The Morgan fingerprint density at radius 2 is 2.11 bits per heavy atom. The van der Waals surface area contributed by atoms with Crippen LogP contribution in [-0.2, 0) is 12.8 Å². The van der Waals surface area contributed by atoms with Crippen LogP contribution in [0.25, 0.3) is 0 Å². The van der Waals surface area contributed by atoms with Crippen LogP contribution in [0, 0.1) is 23.2 Å². The average Bonchev–Trinajstić information content (AvgIpc) is 2.98. The normalized spacial score (nSPS) is 15.9. The van der Waals surface area contributed by atoms with E-state index < -0.39 is 0 Å². The number of anilines is 1. The van der Waals surface area contributed by atoms with Crippen LogP contribution in [0.15, 0.2) is 24.3 Å². The fourth-order valence-corrected chi connectivity index (χ4v) is 4.44. The molecule has 1 aromatic heterocycles. The molecule has 1 aromatic carbocycles. The number of thiophene rings is 1. The number of carbonyl (C=O) groups is 1. The summed E-state index contributed by atoms with van der Waals surface area (Å²) >= 11 is 1.55. The van der Waals surface area contributed by atoms with Crippen molar-refractivity contribution in [3.05, 3.63) is 45.8 Å². The number of hydrogen-bond donors (Lipinski definition) is 1. The van der Waals surface area contributed by atoms with E-state index in [1.54, 1.807) is 23.5 Å². The molecule has 0 unspecified atom stereocenters. The van der Waals surface area contributed by atoms with E-state index in [0.717, 1.165) is 37.0 Å². The summed E-state index contributed by atoms with van der Waals surface area (Å²) in [7, 11) is 0. The summed E-state index contributed by atoms with van der Waals surface area (Å²) in [6.07, 6.45) is 4.06. The lowest BCUT2D eigenvalue weighted by Gasteiger charge is -2.17. The Balaban J connectivity index is 1.68. The Kier molecular flexibility index (Phi) is 6.18. The van der Waals surface area contributed by atoms with Gasteiger partial charge in [0.2, 0.25) is 0 Å². The van der Waals surface area contributed by atoms with Crippen molar-refractivity contribution in [1.82, 2.24) is 0 Å². The molecule has 0 fully saturated rings. The first-order valence-corrected chi connectivity index (χ1v) is 10.4. The second-order valence-electron chi connectivity index (χ2n) is 7.68. The smallest absolute Gasteiger partial charge is 0.256 e. The zero-order chi connectivity index (χ0) is 19.4. The van der Waals surface area contributed by atoms with Crippen LogP contribution in [0.1, 0.15) is 60.0 Å². The minimum absolute atomic E-state index is 0.188. The largest absolute Gasteiger partial charge is 0.494 e. The number of nitrogens with one attached hydrogen (secondary N) is 1. The molecule has 2 aromatic rings. The van der Waals surface area contributed by atoms with Gasteiger partial charge in [-0.15, -0.1) is 11.3 Å². The van der Waals surface area contributed by atoms with E-state index in [9.17, 15) is 10.1 Å². The molecule has 0 saturated heterocycles. The number of nitrogens with zero attached hydrogens (tertiary/aromatic N) is 1. The molecule has 4 nitrogen and oxygen atoms in total. The number of hydrogen-bond acceptors (Lipinski definition) is 4. The maximum Gasteiger partial charge on any atom is 0.256 e. The second-order valence-corrected chi connectivity index (χ2v) is 8.78. The van der Waals surface area contributed by atoms with Gasteiger partial charge in [-0.25, -0.2) is 0 Å². The third-order valence-corrected chi connectivity index (χ3v) is 6.13. The van der Waals surface area contributed by atoms with Gasteiger partial charge < -0.3 is 10.1 Å². The molecule has 1 N–H and O–H groups in total. The van der Waals surface area contributed by atoms with Crippen molar-refractivity contribution < 1.29 is 9.53 Å². The van der Waals surface area contributed by atoms with E-state index in [0.29, 0.717) is 34.6 Å². The number of carbonyl (C=O) groups excluding carboxylic acids is 1. The van der Waals surface area contributed by atoms with Gasteiger partial charge in [0.25, 0.3) is 5.91 Å². The summed E-state index contributed by atoms with van der Waals surface area (Å²) in [6, 6.07) is 9.47. The fourth-order valence-electron chi connectivity index (χ4n) is 3.25. The topological polar surface area (TPSA) is 62.1 Å². The molecular formula is C22H26N2O2S. The van der Waals surface area contributed by atoms with Gasteiger partial charge in [0.15, 0.2) is 0 Å². The van der Waals surface area contributed by atoms with Crippen molar-refractivity contribution in [1.29, 1.82) is 5.26 Å². The molecule has 0 aliphatic heterocycles. The van der Waals surface area contributed by atoms with Crippen LogP contribution in [-0.4, -0.2) is 12.5 Å². The average molecular weight is 383 g/mol. The summed E-state index contributed by atoms with van der Waals surface area (Å²) in [5, 5.41) is 13.2. The third-order valence-electron chi connectivity index (χ3n) is 4.93. The van der Waals surface area contributed by atoms with Crippen LogP contribution < -0.4 is 10.1 Å². The molecule has 142 valence electrons. The Bertz CT molecular complexity index is 846. The number of ether oxygens (including phenoxy) is 1. The lowest BCUT2D eigenvalue weighted by atomic mass is 9.88. The van der Waals surface area contributed by atoms with Gasteiger partial charge in [0, 0.05) is 10.4 Å². The summed E-state index contributed by atoms with van der Waals surface area (Å²) in [5.74, 6) is 1.77. The highest BCUT2D eigenvalue weighted by Gasteiger charge is 2.25. The summed E-state index contributed by atoms with van der Waals surface area (Å²) < 4.78 is 5.70. The Morgan fingerprint density at radius 3 is 2.78 bits per heavy atom. The van der Waals surface area contributed by atoms with Gasteiger partial charge in [-0.05, 0) is 67.3 Å². The minimum Gasteiger partial charge on any atom is -0.494 e. The lowest BCUT2D eigenvalue weighted by molar-refractivity contribution is 0.102. The van der Waals surface area contributed by atoms with Gasteiger partial charge >= 0.3 is 0 Å². The van der Waals surface area contributed by atoms with Gasteiger partial charge in [-0.3, -0.25) is 4.79 Å². The van der Waals surface area contributed by atoms with E-state index >= 15 is 0 Å². The summed E-state index contributed by atoms with van der Waals surface area (Å²) in [4.78, 5) is 13.9. The maximum absolute atomic E-state index is 12.6. The van der Waals surface area contributed by atoms with Crippen molar-refractivity contribution in [2.45, 2.75) is 46.5 Å². The maximum atomic E-state index is 12.6. The number of benzene rings is 1. The first-order chi connectivity index (χ1) is 13.0. The number of amides is 1. The van der Waals surface area contributed by atoms with E-state index in [1.165, 1.54) is 4.88 Å². The van der Waals surface area contributed by atoms with Crippen molar-refractivity contribution in [3.8, 4) is 11.8 Å². The Labute approximate surface area is 165 Å². The third kappa shape index (κ3) is 4.70. The SMILES string of the molecule is CC(C)CCOc1ccc(C(=O)Nc2sc3c(c2C#N)C[C@H](C)CC3)cc1. The monoisotopic (exact) mass is 382 g/mol. The first kappa shape index (κ1) is 19.4. The molecule has 0 bridgehead atoms. The van der Waals surface area contributed by atoms with Crippen molar-refractivity contribution in [3.63, 3.8) is 0 Å². The van der Waals surface area contributed by atoms with Gasteiger partial charge in [0.1, 0.15) is 16.8 Å². The number of aryl methyl sites for hydroxylation is 1. The zero-order valence-electron chi connectivity index (χ0n) is 16.2. The number of fused-ring (bicyclic) bond motifs is 1. The van der Waals surface area contributed by atoms with E-state index in [2.05, 4.69) is 32.2 Å². The van der Waals surface area contributed by atoms with E-state index in [-0.39, 0.29) is 5.91 Å². The van der Waals surface area contributed by atoms with Gasteiger partial charge in [0.05, 0.1) is 12.2 Å². The predicted octanol–water partition coefficient (Wildman–Crippen LogP) is 5.42. The van der Waals surface area contributed by atoms with Crippen LogP contribution in [0.3, 0.4) is 0 Å². The van der Waals surface area contributed by atoms with Crippen molar-refractivity contribution in [2.75, 3.05) is 11.9 Å². The second kappa shape index (κ2) is 8.58. The molecule has 0 saturated carbocycles. The highest BCUT2D eigenvalue weighted by atomic mass is 32.1. The highest BCUT2D eigenvalue weighted by molar-refractivity contribution is 7.16. The minimum atomic E-state index is -0.188. The standard InChI is InChI=1S/C22H26N2O2S/c1-14(2)10-11-26-17-7-5-16(6-8-17)21(25)24-22-19(13-23)18-12-15(3)4-9-20(18)27-22/h5-8,14-15H,4,9-12H2,1-3H3,(H,24,25)/t15-/m1/s1. The molecule has 0 spiro atoms. The molecule has 27 heavy (non-hydrogen) atoms. The fraction of sp³-hybridized carbons (Fsp3) is 0.455. The van der Waals surface area contributed by atoms with Crippen molar-refractivity contribution >= 4 is 22.2 Å². The van der Waals surface area contributed by atoms with Gasteiger partial charge in [-0.2, -0.15) is 5.26 Å². The van der Waals surface area contributed by atoms with Crippen molar-refractivity contribution in [2.24, 2.45) is 11.8 Å². The summed E-state index contributed by atoms with van der Waals surface area (Å²) in [6.45, 7) is 7.21. The lowest BCUT2D eigenvalue weighted by Crippen LogP contribution is -2.12. The predicted molar refractivity (Wildman–Crippen MR) is 110 cm³/mol. The Morgan fingerprint density at radius 1 is 1.37 bits per heavy atom. The molecule has 1 aliphatic carbocycles. The molecule has 1 atom stereocenters. The highest BCUT2D eigenvalue weighted by Crippen LogP contribution is 2.39. The number of rotatable bonds is 6. The number of nitriles is 1. The molecular weight excluding hydrogens is 356 g/mol. The van der Waals surface area contributed by atoms with Crippen LogP contribution >= 0.6 is 11.3 Å². The molecule has 3 rings (SSSR count). The van der Waals surface area contributed by atoms with E-state index in [4.69, 9.17) is 4.74 Å². The zero-order valence-corrected chi connectivity index (χ0v) is 17.0.